The molecular formula is C16H31N3O. The van der Waals surface area contributed by atoms with Crippen molar-refractivity contribution >= 4 is 0 Å². The summed E-state index contributed by atoms with van der Waals surface area (Å²) in [6.07, 6.45) is 4.21. The van der Waals surface area contributed by atoms with Gasteiger partial charge in [-0.2, -0.15) is 5.10 Å². The molecule has 116 valence electrons. The van der Waals surface area contributed by atoms with Crippen molar-refractivity contribution in [2.75, 3.05) is 20.3 Å². The Kier molecular flexibility index (Phi) is 7.85. The Morgan fingerprint density at radius 1 is 1.25 bits per heavy atom. The Morgan fingerprint density at radius 3 is 2.55 bits per heavy atom. The fourth-order valence-electron chi connectivity index (χ4n) is 2.58. The van der Waals surface area contributed by atoms with Crippen LogP contribution in [0.4, 0.5) is 0 Å². The summed E-state index contributed by atoms with van der Waals surface area (Å²) >= 11 is 0. The molecule has 0 aliphatic heterocycles. The zero-order chi connectivity index (χ0) is 15.0. The minimum atomic E-state index is 0.398. The number of nitrogens with zero attached hydrogens (tertiary/aromatic N) is 2. The predicted octanol–water partition coefficient (Wildman–Crippen LogP) is 3.11. The lowest BCUT2D eigenvalue weighted by Gasteiger charge is -2.15. The number of aryl methyl sites for hydroxylation is 1. The Hall–Kier alpha value is -0.870. The summed E-state index contributed by atoms with van der Waals surface area (Å²) in [5.74, 6) is 0. The Bertz CT molecular complexity index is 387. The van der Waals surface area contributed by atoms with Crippen LogP contribution in [0, 0.1) is 0 Å². The highest BCUT2D eigenvalue weighted by molar-refractivity contribution is 5.27. The van der Waals surface area contributed by atoms with Gasteiger partial charge >= 0.3 is 0 Å². The first-order valence-electron chi connectivity index (χ1n) is 7.98. The fourth-order valence-corrected chi connectivity index (χ4v) is 2.58. The van der Waals surface area contributed by atoms with Crippen molar-refractivity contribution in [1.29, 1.82) is 0 Å². The van der Waals surface area contributed by atoms with Crippen LogP contribution in [0.5, 0.6) is 0 Å². The fraction of sp³-hybridized carbons (Fsp3) is 0.812. The molecule has 0 fully saturated rings. The van der Waals surface area contributed by atoms with Gasteiger partial charge < -0.3 is 10.1 Å². The molecule has 4 heteroatoms. The van der Waals surface area contributed by atoms with Gasteiger partial charge in [0.15, 0.2) is 0 Å². The number of aromatic nitrogens is 2. The topological polar surface area (TPSA) is 39.1 Å². The zero-order valence-corrected chi connectivity index (χ0v) is 13.8. The molecule has 1 N–H and O–H groups in total. The van der Waals surface area contributed by atoms with E-state index in [2.05, 4.69) is 37.7 Å². The van der Waals surface area contributed by atoms with E-state index in [9.17, 15) is 0 Å². The molecule has 1 aromatic heterocycles. The summed E-state index contributed by atoms with van der Waals surface area (Å²) in [6, 6.07) is 0.398. The minimum absolute atomic E-state index is 0.398. The average molecular weight is 281 g/mol. The SMILES string of the molecule is CCCNCc1c(CC)nn(C(C)CCOC)c1CC. The molecule has 0 amide bonds. The molecule has 0 radical (unpaired) electrons. The van der Waals surface area contributed by atoms with Gasteiger partial charge in [0.05, 0.1) is 11.7 Å². The maximum absolute atomic E-state index is 5.20. The third-order valence-electron chi connectivity index (χ3n) is 3.76. The van der Waals surface area contributed by atoms with E-state index in [1.54, 1.807) is 7.11 Å². The van der Waals surface area contributed by atoms with Gasteiger partial charge in [0.25, 0.3) is 0 Å². The quantitative estimate of drug-likeness (QED) is 0.670. The van der Waals surface area contributed by atoms with Crippen molar-refractivity contribution in [3.63, 3.8) is 0 Å². The zero-order valence-electron chi connectivity index (χ0n) is 13.8. The summed E-state index contributed by atoms with van der Waals surface area (Å²) in [7, 11) is 1.76. The molecule has 1 aromatic rings. The van der Waals surface area contributed by atoms with Crippen molar-refractivity contribution in [2.24, 2.45) is 0 Å². The lowest BCUT2D eigenvalue weighted by molar-refractivity contribution is 0.178. The lowest BCUT2D eigenvalue weighted by Crippen LogP contribution is -2.17. The molecule has 0 aromatic carbocycles. The van der Waals surface area contributed by atoms with E-state index in [1.807, 2.05) is 0 Å². The van der Waals surface area contributed by atoms with Gasteiger partial charge in [-0.3, -0.25) is 4.68 Å². The Labute approximate surface area is 123 Å². The molecule has 0 aliphatic rings. The number of nitrogens with one attached hydrogen (secondary N) is 1. The summed E-state index contributed by atoms with van der Waals surface area (Å²) in [5.41, 5.74) is 4.04. The number of rotatable bonds is 10. The number of hydrogen-bond acceptors (Lipinski definition) is 3. The van der Waals surface area contributed by atoms with Crippen LogP contribution in [0.25, 0.3) is 0 Å². The summed E-state index contributed by atoms with van der Waals surface area (Å²) in [6.45, 7) is 11.6. The highest BCUT2D eigenvalue weighted by Gasteiger charge is 2.18. The molecule has 1 heterocycles. The summed E-state index contributed by atoms with van der Waals surface area (Å²) in [4.78, 5) is 0. The van der Waals surface area contributed by atoms with Crippen LogP contribution in [-0.4, -0.2) is 30.0 Å². The molecule has 0 bridgehead atoms. The number of hydrogen-bond donors (Lipinski definition) is 1. The van der Waals surface area contributed by atoms with Crippen LogP contribution in [0.1, 0.15) is 63.5 Å². The van der Waals surface area contributed by atoms with Crippen molar-refractivity contribution in [3.8, 4) is 0 Å². The van der Waals surface area contributed by atoms with Gasteiger partial charge in [-0.25, -0.2) is 0 Å². The Morgan fingerprint density at radius 2 is 2.00 bits per heavy atom. The largest absolute Gasteiger partial charge is 0.385 e. The normalized spacial score (nSPS) is 12.8. The standard InChI is InChI=1S/C16H31N3O/c1-6-10-17-12-14-15(7-2)18-19(16(14)8-3)13(4)9-11-20-5/h13,17H,6-12H2,1-5H3. The smallest absolute Gasteiger partial charge is 0.0669 e. The highest BCUT2D eigenvalue weighted by atomic mass is 16.5. The molecule has 0 saturated carbocycles. The van der Waals surface area contributed by atoms with E-state index in [-0.39, 0.29) is 0 Å². The molecule has 1 unspecified atom stereocenters. The van der Waals surface area contributed by atoms with Crippen LogP contribution in [0.3, 0.4) is 0 Å². The molecule has 0 spiro atoms. The number of methoxy groups -OCH3 is 1. The van der Waals surface area contributed by atoms with Gasteiger partial charge in [-0.1, -0.05) is 20.8 Å². The summed E-state index contributed by atoms with van der Waals surface area (Å²) < 4.78 is 7.42. The number of ether oxygens (including phenoxy) is 1. The lowest BCUT2D eigenvalue weighted by atomic mass is 10.1. The first-order chi connectivity index (χ1) is 9.69. The van der Waals surface area contributed by atoms with Gasteiger partial charge in [-0.05, 0) is 39.2 Å². The van der Waals surface area contributed by atoms with Crippen LogP contribution in [0.15, 0.2) is 0 Å². The average Bonchev–Trinajstić information content (AvgIpc) is 2.82. The molecule has 0 saturated heterocycles. The van der Waals surface area contributed by atoms with Gasteiger partial charge in [0.2, 0.25) is 0 Å². The van der Waals surface area contributed by atoms with Crippen molar-refractivity contribution in [3.05, 3.63) is 17.0 Å². The maximum atomic E-state index is 5.20. The molecule has 1 rings (SSSR count). The summed E-state index contributed by atoms with van der Waals surface area (Å²) in [5, 5.41) is 8.37. The third kappa shape index (κ3) is 4.32. The van der Waals surface area contributed by atoms with E-state index in [0.717, 1.165) is 39.0 Å². The highest BCUT2D eigenvalue weighted by Crippen LogP contribution is 2.21. The maximum Gasteiger partial charge on any atom is 0.0669 e. The van der Waals surface area contributed by atoms with E-state index in [0.29, 0.717) is 6.04 Å². The van der Waals surface area contributed by atoms with Crippen LogP contribution < -0.4 is 5.32 Å². The third-order valence-corrected chi connectivity index (χ3v) is 3.76. The van der Waals surface area contributed by atoms with Crippen LogP contribution in [0.2, 0.25) is 0 Å². The first kappa shape index (κ1) is 17.2. The van der Waals surface area contributed by atoms with Crippen molar-refractivity contribution in [2.45, 2.75) is 66.0 Å². The van der Waals surface area contributed by atoms with Crippen LogP contribution in [-0.2, 0) is 24.1 Å². The van der Waals surface area contributed by atoms with E-state index in [1.165, 1.54) is 23.4 Å². The minimum Gasteiger partial charge on any atom is -0.385 e. The van der Waals surface area contributed by atoms with E-state index >= 15 is 0 Å². The van der Waals surface area contributed by atoms with Crippen molar-refractivity contribution < 1.29 is 4.74 Å². The first-order valence-corrected chi connectivity index (χ1v) is 7.98. The van der Waals surface area contributed by atoms with Crippen molar-refractivity contribution in [1.82, 2.24) is 15.1 Å². The van der Waals surface area contributed by atoms with Gasteiger partial charge in [0, 0.05) is 31.5 Å². The van der Waals surface area contributed by atoms with Gasteiger partial charge in [-0.15, -0.1) is 0 Å². The second kappa shape index (κ2) is 9.14. The monoisotopic (exact) mass is 281 g/mol. The van der Waals surface area contributed by atoms with E-state index < -0.39 is 0 Å². The predicted molar refractivity (Wildman–Crippen MR) is 84.2 cm³/mol. The molecule has 20 heavy (non-hydrogen) atoms. The Balaban J connectivity index is 2.94. The van der Waals surface area contributed by atoms with Crippen LogP contribution >= 0.6 is 0 Å². The second-order valence-electron chi connectivity index (χ2n) is 5.33. The molecule has 0 aliphatic carbocycles. The molecular weight excluding hydrogens is 250 g/mol. The molecule has 4 nitrogen and oxygen atoms in total. The molecule has 1 atom stereocenters. The van der Waals surface area contributed by atoms with E-state index in [4.69, 9.17) is 9.84 Å². The second-order valence-corrected chi connectivity index (χ2v) is 5.33. The van der Waals surface area contributed by atoms with Gasteiger partial charge in [0.1, 0.15) is 0 Å².